The number of halogens is 2. The lowest BCUT2D eigenvalue weighted by atomic mass is 10.2. The maximum atomic E-state index is 13.3. The van der Waals surface area contributed by atoms with E-state index < -0.39 is 6.11 Å². The molecule has 0 amide bonds. The Labute approximate surface area is 160 Å². The molecule has 1 heterocycles. The van der Waals surface area contributed by atoms with Crippen LogP contribution >= 0.6 is 0 Å². The molecular formula is C20H18F2N4O2. The van der Waals surface area contributed by atoms with Crippen molar-refractivity contribution in [1.29, 1.82) is 0 Å². The molecule has 3 aromatic rings. The Bertz CT molecular complexity index is 996. The fourth-order valence-electron chi connectivity index (χ4n) is 2.50. The van der Waals surface area contributed by atoms with Crippen molar-refractivity contribution < 1.29 is 18.3 Å². The fraction of sp³-hybridized carbons (Fsp3) is 0.150. The Balaban J connectivity index is 1.96. The maximum Gasteiger partial charge on any atom is 0.419 e. The van der Waals surface area contributed by atoms with E-state index in [0.717, 1.165) is 5.56 Å². The molecule has 0 radical (unpaired) electrons. The number of hydrogen-bond acceptors (Lipinski definition) is 5. The summed E-state index contributed by atoms with van der Waals surface area (Å²) >= 11 is 0. The summed E-state index contributed by atoms with van der Waals surface area (Å²) < 4.78 is 32.6. The Hall–Kier alpha value is -3.55. The van der Waals surface area contributed by atoms with Crippen LogP contribution in [0.2, 0.25) is 0 Å². The molecule has 0 unspecified atom stereocenters. The number of carbonyl (C=O) groups excluding carboxylic acids is 1. The normalized spacial score (nSPS) is 11.2. The van der Waals surface area contributed by atoms with Crippen LogP contribution in [0.15, 0.2) is 61.2 Å². The number of anilines is 1. The number of aromatic nitrogens is 3. The summed E-state index contributed by atoms with van der Waals surface area (Å²) in [6.45, 7) is 4.49. The summed E-state index contributed by atoms with van der Waals surface area (Å²) in [6.07, 6.45) is -2.96. The molecule has 144 valence electrons. The zero-order valence-electron chi connectivity index (χ0n) is 15.1. The fourth-order valence-corrected chi connectivity index (χ4v) is 2.50. The average molecular weight is 384 g/mol. The first-order valence-electron chi connectivity index (χ1n) is 8.39. The highest BCUT2D eigenvalue weighted by atomic mass is 19.3. The molecule has 2 N–H and O–H groups in total. The van der Waals surface area contributed by atoms with Crippen LogP contribution in [-0.2, 0) is 11.2 Å². The second-order valence-corrected chi connectivity index (χ2v) is 6.13. The molecule has 0 aliphatic carbocycles. The number of rotatable bonds is 7. The standard InChI is InChI=1S/C20H18F2N4O2/c1-3-20(21,22)28-17-10-8-16(9-11-17)26-18(12-13(2)27)24-19(25-26)14-4-6-15(23)7-5-14/h3-11H,1,12,23H2,2H3. The number of hydrogen-bond donors (Lipinski definition) is 1. The summed E-state index contributed by atoms with van der Waals surface area (Å²) in [5.74, 6) is 0.753. The molecule has 2 aromatic carbocycles. The van der Waals surface area contributed by atoms with Crippen molar-refractivity contribution in [2.75, 3.05) is 5.73 Å². The summed E-state index contributed by atoms with van der Waals surface area (Å²) in [7, 11) is 0. The lowest BCUT2D eigenvalue weighted by Gasteiger charge is -2.14. The topological polar surface area (TPSA) is 83.0 Å². The molecule has 0 aliphatic heterocycles. The lowest BCUT2D eigenvalue weighted by molar-refractivity contribution is -0.131. The quantitative estimate of drug-likeness (QED) is 0.495. The zero-order valence-corrected chi connectivity index (χ0v) is 15.1. The Morgan fingerprint density at radius 2 is 1.86 bits per heavy atom. The van der Waals surface area contributed by atoms with Gasteiger partial charge in [-0.3, -0.25) is 4.79 Å². The van der Waals surface area contributed by atoms with E-state index in [2.05, 4.69) is 21.4 Å². The third-order valence-corrected chi connectivity index (χ3v) is 3.82. The van der Waals surface area contributed by atoms with Crippen molar-refractivity contribution in [3.63, 3.8) is 0 Å². The molecule has 0 spiro atoms. The highest BCUT2D eigenvalue weighted by molar-refractivity contribution is 5.77. The first-order chi connectivity index (χ1) is 13.3. The van der Waals surface area contributed by atoms with Gasteiger partial charge in [0.15, 0.2) is 5.82 Å². The molecular weight excluding hydrogens is 366 g/mol. The van der Waals surface area contributed by atoms with Crippen LogP contribution < -0.4 is 10.5 Å². The molecule has 0 aliphatic rings. The predicted octanol–water partition coefficient (Wildman–Crippen LogP) is 3.81. The van der Waals surface area contributed by atoms with Gasteiger partial charge in [0.05, 0.1) is 12.1 Å². The van der Waals surface area contributed by atoms with Gasteiger partial charge >= 0.3 is 6.11 Å². The molecule has 28 heavy (non-hydrogen) atoms. The zero-order chi connectivity index (χ0) is 20.3. The SMILES string of the molecule is C=CC(F)(F)Oc1ccc(-n2nc(-c3ccc(N)cc3)nc2CC(C)=O)cc1. The number of ether oxygens (including phenoxy) is 1. The van der Waals surface area contributed by atoms with E-state index in [-0.39, 0.29) is 18.0 Å². The van der Waals surface area contributed by atoms with E-state index >= 15 is 0 Å². The van der Waals surface area contributed by atoms with Crippen LogP contribution in [0.3, 0.4) is 0 Å². The van der Waals surface area contributed by atoms with Gasteiger partial charge in [0.25, 0.3) is 0 Å². The van der Waals surface area contributed by atoms with Crippen molar-refractivity contribution in [1.82, 2.24) is 14.8 Å². The van der Waals surface area contributed by atoms with Gasteiger partial charge in [-0.15, -0.1) is 5.10 Å². The van der Waals surface area contributed by atoms with Crippen molar-refractivity contribution in [3.8, 4) is 22.8 Å². The van der Waals surface area contributed by atoms with E-state index in [1.165, 1.54) is 23.7 Å². The molecule has 8 heteroatoms. The van der Waals surface area contributed by atoms with Gasteiger partial charge in [-0.1, -0.05) is 6.58 Å². The molecule has 0 saturated carbocycles. The summed E-state index contributed by atoms with van der Waals surface area (Å²) in [4.78, 5) is 16.1. The number of carbonyl (C=O) groups is 1. The van der Waals surface area contributed by atoms with Gasteiger partial charge in [0.1, 0.15) is 17.4 Å². The van der Waals surface area contributed by atoms with E-state index in [0.29, 0.717) is 29.1 Å². The van der Waals surface area contributed by atoms with E-state index in [9.17, 15) is 13.6 Å². The molecule has 6 nitrogen and oxygen atoms in total. The van der Waals surface area contributed by atoms with Crippen LogP contribution in [-0.4, -0.2) is 26.7 Å². The minimum Gasteiger partial charge on any atom is -0.429 e. The Kier molecular flexibility index (Phi) is 5.21. The second-order valence-electron chi connectivity index (χ2n) is 6.13. The van der Waals surface area contributed by atoms with Crippen molar-refractivity contribution >= 4 is 11.5 Å². The van der Waals surface area contributed by atoms with Gasteiger partial charge in [-0.2, -0.15) is 8.78 Å². The third kappa shape index (κ3) is 4.40. The summed E-state index contributed by atoms with van der Waals surface area (Å²) in [6, 6.07) is 12.9. The minimum atomic E-state index is -3.46. The van der Waals surface area contributed by atoms with Gasteiger partial charge in [-0.25, -0.2) is 9.67 Å². The van der Waals surface area contributed by atoms with Gasteiger partial charge in [0.2, 0.25) is 0 Å². The monoisotopic (exact) mass is 384 g/mol. The molecule has 0 fully saturated rings. The number of ketones is 1. The van der Waals surface area contributed by atoms with Crippen molar-refractivity contribution in [2.45, 2.75) is 19.5 Å². The first-order valence-corrected chi connectivity index (χ1v) is 8.39. The number of nitrogens with zero attached hydrogens (tertiary/aromatic N) is 3. The second kappa shape index (κ2) is 7.59. The maximum absolute atomic E-state index is 13.3. The van der Waals surface area contributed by atoms with Crippen molar-refractivity contribution in [2.24, 2.45) is 0 Å². The van der Waals surface area contributed by atoms with Crippen LogP contribution in [0.4, 0.5) is 14.5 Å². The molecule has 0 bridgehead atoms. The smallest absolute Gasteiger partial charge is 0.419 e. The lowest BCUT2D eigenvalue weighted by Crippen LogP contribution is -2.20. The van der Waals surface area contributed by atoms with Crippen LogP contribution in [0.25, 0.3) is 17.1 Å². The molecule has 0 saturated heterocycles. The first kappa shape index (κ1) is 19.2. The number of nitrogens with two attached hydrogens (primary N) is 1. The van der Waals surface area contributed by atoms with Crippen LogP contribution in [0.1, 0.15) is 12.7 Å². The Morgan fingerprint density at radius 1 is 1.21 bits per heavy atom. The van der Waals surface area contributed by atoms with E-state index in [1.807, 2.05) is 0 Å². The largest absolute Gasteiger partial charge is 0.429 e. The number of Topliss-reactive ketones (excluding diaryl/α,β-unsaturated/α-hetero) is 1. The minimum absolute atomic E-state index is 0.0272. The summed E-state index contributed by atoms with van der Waals surface area (Å²) in [5.41, 5.74) is 7.61. The van der Waals surface area contributed by atoms with Crippen LogP contribution in [0.5, 0.6) is 5.75 Å². The van der Waals surface area contributed by atoms with Crippen LogP contribution in [0, 0.1) is 0 Å². The predicted molar refractivity (Wildman–Crippen MR) is 101 cm³/mol. The van der Waals surface area contributed by atoms with Gasteiger partial charge in [-0.05, 0) is 55.5 Å². The van der Waals surface area contributed by atoms with Crippen molar-refractivity contribution in [3.05, 3.63) is 67.0 Å². The highest BCUT2D eigenvalue weighted by Crippen LogP contribution is 2.25. The molecule has 0 atom stereocenters. The highest BCUT2D eigenvalue weighted by Gasteiger charge is 2.26. The summed E-state index contributed by atoms with van der Waals surface area (Å²) in [5, 5.41) is 4.46. The van der Waals surface area contributed by atoms with Gasteiger partial charge in [0, 0.05) is 17.3 Å². The number of nitrogen functional groups attached to an aromatic ring is 1. The van der Waals surface area contributed by atoms with Gasteiger partial charge < -0.3 is 10.5 Å². The molecule has 3 rings (SSSR count). The third-order valence-electron chi connectivity index (χ3n) is 3.82. The van der Waals surface area contributed by atoms with E-state index in [4.69, 9.17) is 5.73 Å². The Morgan fingerprint density at radius 3 is 2.43 bits per heavy atom. The number of benzene rings is 2. The number of alkyl halides is 2. The average Bonchev–Trinajstić information content (AvgIpc) is 3.05. The van der Waals surface area contributed by atoms with E-state index in [1.54, 1.807) is 36.4 Å². The molecule has 1 aromatic heterocycles.